The Bertz CT molecular complexity index is 737. The van der Waals surface area contributed by atoms with Crippen molar-refractivity contribution < 1.29 is 8.42 Å². The van der Waals surface area contributed by atoms with Gasteiger partial charge in [0.15, 0.2) is 0 Å². The van der Waals surface area contributed by atoms with Gasteiger partial charge in [-0.25, -0.2) is 13.4 Å². The largest absolute Gasteiger partial charge is 0.397 e. The van der Waals surface area contributed by atoms with E-state index < -0.39 is 10.0 Å². The van der Waals surface area contributed by atoms with Gasteiger partial charge in [-0.15, -0.1) is 0 Å². The Kier molecular flexibility index (Phi) is 3.87. The van der Waals surface area contributed by atoms with Crippen molar-refractivity contribution in [3.8, 4) is 0 Å². The number of hydrogen-bond acceptors (Lipinski definition) is 4. The van der Waals surface area contributed by atoms with Crippen molar-refractivity contribution in [1.29, 1.82) is 0 Å². The van der Waals surface area contributed by atoms with Gasteiger partial charge in [-0.1, -0.05) is 11.6 Å². The second-order valence-electron chi connectivity index (χ2n) is 4.47. The minimum absolute atomic E-state index is 0.0557. The maximum Gasteiger partial charge on any atom is 0.263 e. The molecule has 0 fully saturated rings. The van der Waals surface area contributed by atoms with Crippen LogP contribution < -0.4 is 10.5 Å². The topological polar surface area (TPSA) is 85.1 Å². The lowest BCUT2D eigenvalue weighted by atomic mass is 10.2. The molecule has 5 nitrogen and oxygen atoms in total. The molecule has 7 heteroatoms. The summed E-state index contributed by atoms with van der Waals surface area (Å²) in [5.41, 5.74) is 7.43. The zero-order chi connectivity index (χ0) is 14.9. The molecule has 106 valence electrons. The molecule has 2 rings (SSSR count). The lowest BCUT2D eigenvalue weighted by Crippen LogP contribution is -2.14. The monoisotopic (exact) mass is 311 g/mol. The van der Waals surface area contributed by atoms with Crippen molar-refractivity contribution in [2.45, 2.75) is 18.7 Å². The Morgan fingerprint density at radius 1 is 1.25 bits per heavy atom. The first-order valence-corrected chi connectivity index (χ1v) is 7.67. The van der Waals surface area contributed by atoms with E-state index in [1.165, 1.54) is 18.3 Å². The zero-order valence-electron chi connectivity index (χ0n) is 11.0. The van der Waals surface area contributed by atoms with Crippen molar-refractivity contribution in [3.63, 3.8) is 0 Å². The van der Waals surface area contributed by atoms with Crippen molar-refractivity contribution >= 4 is 33.1 Å². The molecule has 0 unspecified atom stereocenters. The van der Waals surface area contributed by atoms with Crippen LogP contribution in [0.3, 0.4) is 0 Å². The Hall–Kier alpha value is -1.79. The normalized spacial score (nSPS) is 11.3. The molecule has 0 bridgehead atoms. The van der Waals surface area contributed by atoms with E-state index in [0.717, 1.165) is 5.56 Å². The number of benzene rings is 1. The molecule has 3 N–H and O–H groups in total. The van der Waals surface area contributed by atoms with Crippen molar-refractivity contribution in [2.75, 3.05) is 10.5 Å². The molecule has 0 saturated heterocycles. The van der Waals surface area contributed by atoms with E-state index in [-0.39, 0.29) is 16.4 Å². The van der Waals surface area contributed by atoms with E-state index in [4.69, 9.17) is 17.3 Å². The number of anilines is 2. The fourth-order valence-electron chi connectivity index (χ4n) is 1.71. The third-order valence-electron chi connectivity index (χ3n) is 2.72. The molecule has 1 aromatic heterocycles. The maximum atomic E-state index is 12.3. The molecular weight excluding hydrogens is 298 g/mol. The van der Waals surface area contributed by atoms with Crippen LogP contribution in [0.15, 0.2) is 35.4 Å². The predicted molar refractivity (Wildman–Crippen MR) is 80.4 cm³/mol. The minimum Gasteiger partial charge on any atom is -0.397 e. The molecule has 0 aliphatic carbocycles. The van der Waals surface area contributed by atoms with Gasteiger partial charge in [0.2, 0.25) is 0 Å². The fraction of sp³-hybridized carbons (Fsp3) is 0.154. The van der Waals surface area contributed by atoms with E-state index in [1.807, 2.05) is 6.92 Å². The highest BCUT2D eigenvalue weighted by atomic mass is 35.5. The molecule has 20 heavy (non-hydrogen) atoms. The number of nitrogens with zero attached hydrogens (tertiary/aromatic N) is 1. The first-order valence-electron chi connectivity index (χ1n) is 5.81. The lowest BCUT2D eigenvalue weighted by Gasteiger charge is -2.10. The van der Waals surface area contributed by atoms with Crippen molar-refractivity contribution in [3.05, 3.63) is 46.6 Å². The maximum absolute atomic E-state index is 12.3. The Morgan fingerprint density at radius 3 is 2.55 bits per heavy atom. The third kappa shape index (κ3) is 3.02. The predicted octanol–water partition coefficient (Wildman–Crippen LogP) is 2.73. The summed E-state index contributed by atoms with van der Waals surface area (Å²) in [6.45, 7) is 3.55. The molecule has 1 heterocycles. The second kappa shape index (κ2) is 5.30. The highest BCUT2D eigenvalue weighted by molar-refractivity contribution is 7.92. The van der Waals surface area contributed by atoms with Gasteiger partial charge in [0, 0.05) is 6.20 Å². The van der Waals surface area contributed by atoms with Crippen LogP contribution >= 0.6 is 11.6 Å². The first-order chi connectivity index (χ1) is 9.29. The number of rotatable bonds is 3. The molecule has 0 aliphatic heterocycles. The van der Waals surface area contributed by atoms with Crippen LogP contribution in [0.4, 0.5) is 11.5 Å². The molecule has 0 radical (unpaired) electrons. The molecule has 0 saturated carbocycles. The van der Waals surface area contributed by atoms with E-state index >= 15 is 0 Å². The summed E-state index contributed by atoms with van der Waals surface area (Å²) >= 11 is 5.93. The van der Waals surface area contributed by atoms with E-state index in [2.05, 4.69) is 9.71 Å². The molecule has 1 aromatic carbocycles. The van der Waals surface area contributed by atoms with Crippen LogP contribution in [0.25, 0.3) is 0 Å². The molecule has 0 amide bonds. The van der Waals surface area contributed by atoms with Gasteiger partial charge in [0.1, 0.15) is 5.82 Å². The van der Waals surface area contributed by atoms with Crippen LogP contribution in [0.2, 0.25) is 5.02 Å². The summed E-state index contributed by atoms with van der Waals surface area (Å²) in [6.07, 6.45) is 1.54. The molecule has 0 spiro atoms. The van der Waals surface area contributed by atoms with E-state index in [9.17, 15) is 8.42 Å². The van der Waals surface area contributed by atoms with E-state index in [1.54, 1.807) is 19.1 Å². The van der Waals surface area contributed by atoms with Gasteiger partial charge in [-0.2, -0.15) is 0 Å². The first kappa shape index (κ1) is 14.6. The smallest absolute Gasteiger partial charge is 0.263 e. The number of sulfonamides is 1. The van der Waals surface area contributed by atoms with Crippen LogP contribution in [0.1, 0.15) is 11.1 Å². The number of nitrogens with two attached hydrogens (primary N) is 1. The van der Waals surface area contributed by atoms with Crippen molar-refractivity contribution in [2.24, 2.45) is 0 Å². The fourth-order valence-corrected chi connectivity index (χ4v) is 2.93. The summed E-state index contributed by atoms with van der Waals surface area (Å²) in [6, 6.07) is 6.22. The standard InChI is InChI=1S/C13H14ClN3O2S/c1-8-3-4-16-12(5-8)17-20(18,19)10-6-9(2)13(14)11(15)7-10/h3-7H,15H2,1-2H3,(H,16,17). The van der Waals surface area contributed by atoms with Gasteiger partial charge in [-0.05, 0) is 49.2 Å². The van der Waals surface area contributed by atoms with Gasteiger partial charge in [0.25, 0.3) is 10.0 Å². The average Bonchev–Trinajstić information content (AvgIpc) is 2.34. The zero-order valence-corrected chi connectivity index (χ0v) is 12.6. The Labute approximate surface area is 122 Å². The van der Waals surface area contributed by atoms with Gasteiger partial charge < -0.3 is 5.73 Å². The number of halogens is 1. The van der Waals surface area contributed by atoms with Gasteiger partial charge in [0.05, 0.1) is 15.6 Å². The highest BCUT2D eigenvalue weighted by Crippen LogP contribution is 2.27. The summed E-state index contributed by atoms with van der Waals surface area (Å²) in [5, 5.41) is 0.359. The van der Waals surface area contributed by atoms with Crippen LogP contribution in [-0.2, 0) is 10.0 Å². The number of nitrogen functional groups attached to an aromatic ring is 1. The van der Waals surface area contributed by atoms with E-state index in [0.29, 0.717) is 10.6 Å². The Morgan fingerprint density at radius 2 is 1.95 bits per heavy atom. The summed E-state index contributed by atoms with van der Waals surface area (Å²) in [5.74, 6) is 0.260. The number of pyridine rings is 1. The van der Waals surface area contributed by atoms with Crippen LogP contribution in [0.5, 0.6) is 0 Å². The van der Waals surface area contributed by atoms with Gasteiger partial charge in [-0.3, -0.25) is 4.72 Å². The number of aryl methyl sites for hydroxylation is 2. The molecule has 2 aromatic rings. The number of hydrogen-bond donors (Lipinski definition) is 2. The quantitative estimate of drug-likeness (QED) is 0.853. The van der Waals surface area contributed by atoms with Gasteiger partial charge >= 0.3 is 0 Å². The van der Waals surface area contributed by atoms with Crippen LogP contribution in [-0.4, -0.2) is 13.4 Å². The van der Waals surface area contributed by atoms with Crippen LogP contribution in [0, 0.1) is 13.8 Å². The number of nitrogens with one attached hydrogen (secondary N) is 1. The molecule has 0 aliphatic rings. The highest BCUT2D eigenvalue weighted by Gasteiger charge is 2.17. The SMILES string of the molecule is Cc1ccnc(NS(=O)(=O)c2cc(C)c(Cl)c(N)c2)c1. The second-order valence-corrected chi connectivity index (χ2v) is 6.53. The molecule has 0 atom stereocenters. The minimum atomic E-state index is -3.74. The average molecular weight is 312 g/mol. The summed E-state index contributed by atoms with van der Waals surface area (Å²) in [7, 11) is -3.74. The summed E-state index contributed by atoms with van der Waals surface area (Å²) < 4.78 is 27.0. The molecular formula is C13H14ClN3O2S. The summed E-state index contributed by atoms with van der Waals surface area (Å²) in [4.78, 5) is 4.02. The lowest BCUT2D eigenvalue weighted by molar-refractivity contribution is 0.601. The third-order valence-corrected chi connectivity index (χ3v) is 4.57. The number of aromatic nitrogens is 1. The van der Waals surface area contributed by atoms with Crippen molar-refractivity contribution in [1.82, 2.24) is 4.98 Å². The Balaban J connectivity index is 2.41.